The molecule has 0 atom stereocenters. The number of carbonyl (C=O) groups excluding carboxylic acids is 1. The second-order valence-electron chi connectivity index (χ2n) is 4.75. The van der Waals surface area contributed by atoms with Gasteiger partial charge in [0.2, 0.25) is 5.91 Å². The third kappa shape index (κ3) is 2.56. The molecule has 98 valence electrons. The molecule has 0 aromatic carbocycles. The van der Waals surface area contributed by atoms with Crippen LogP contribution < -0.4 is 10.2 Å². The molecule has 6 heteroatoms. The molecule has 2 heterocycles. The number of anilines is 1. The highest BCUT2D eigenvalue weighted by Crippen LogP contribution is 2.26. The monoisotopic (exact) mass is 268 g/mol. The molecule has 0 unspecified atom stereocenters. The van der Waals surface area contributed by atoms with Gasteiger partial charge in [-0.25, -0.2) is 9.97 Å². The molecule has 1 amide bonds. The van der Waals surface area contributed by atoms with Crippen molar-refractivity contribution in [3.8, 4) is 0 Å². The highest BCUT2D eigenvalue weighted by molar-refractivity contribution is 6.30. The van der Waals surface area contributed by atoms with E-state index in [1.165, 1.54) is 0 Å². The summed E-state index contributed by atoms with van der Waals surface area (Å²) in [6, 6.07) is 0. The van der Waals surface area contributed by atoms with E-state index >= 15 is 0 Å². The van der Waals surface area contributed by atoms with Crippen LogP contribution in [0.25, 0.3) is 0 Å². The molecular weight excluding hydrogens is 252 g/mol. The minimum absolute atomic E-state index is 0.0153. The zero-order valence-electron chi connectivity index (χ0n) is 10.8. The Labute approximate surface area is 112 Å². The molecule has 1 aromatic heterocycles. The number of carbonyl (C=O) groups is 1. The van der Waals surface area contributed by atoms with E-state index in [1.807, 2.05) is 25.7 Å². The van der Waals surface area contributed by atoms with Gasteiger partial charge < -0.3 is 10.2 Å². The zero-order chi connectivity index (χ0) is 13.3. The number of nitrogens with one attached hydrogen (secondary N) is 1. The van der Waals surface area contributed by atoms with Crippen LogP contribution in [0.1, 0.15) is 31.2 Å². The van der Waals surface area contributed by atoms with Crippen LogP contribution in [0.2, 0.25) is 5.15 Å². The van der Waals surface area contributed by atoms with E-state index in [4.69, 9.17) is 11.6 Å². The highest BCUT2D eigenvalue weighted by atomic mass is 35.5. The number of halogens is 1. The maximum Gasteiger partial charge on any atom is 0.239 e. The first kappa shape index (κ1) is 13.1. The Balaban J connectivity index is 2.39. The Kier molecular flexibility index (Phi) is 3.71. The second kappa shape index (κ2) is 5.10. The van der Waals surface area contributed by atoms with Gasteiger partial charge in [-0.2, -0.15) is 0 Å². The Morgan fingerprint density at radius 3 is 2.72 bits per heavy atom. The van der Waals surface area contributed by atoms with Crippen LogP contribution in [-0.4, -0.2) is 35.5 Å². The highest BCUT2D eigenvalue weighted by Gasteiger charge is 2.22. The number of nitrogens with zero attached hydrogens (tertiary/aromatic N) is 3. The minimum atomic E-state index is 0.0153. The number of hydrogen-bond acceptors (Lipinski definition) is 4. The van der Waals surface area contributed by atoms with Crippen molar-refractivity contribution in [2.45, 2.75) is 26.7 Å². The van der Waals surface area contributed by atoms with Crippen LogP contribution in [0, 0.1) is 6.92 Å². The molecule has 1 N–H and O–H groups in total. The molecule has 1 aromatic rings. The summed E-state index contributed by atoms with van der Waals surface area (Å²) < 4.78 is 0. The fraction of sp³-hybridized carbons (Fsp3) is 0.583. The summed E-state index contributed by atoms with van der Waals surface area (Å²) in [7, 11) is 0. The maximum atomic E-state index is 11.4. The van der Waals surface area contributed by atoms with E-state index in [-0.39, 0.29) is 11.8 Å². The first-order valence-corrected chi connectivity index (χ1v) is 6.42. The standard InChI is InChI=1S/C12H17ClN4O/c1-7(2)11-15-10(13)8(3)12(16-11)17-5-4-14-9(18)6-17/h7H,4-6H2,1-3H3,(H,14,18). The van der Waals surface area contributed by atoms with Crippen molar-refractivity contribution < 1.29 is 4.79 Å². The summed E-state index contributed by atoms with van der Waals surface area (Å²) in [4.78, 5) is 22.2. The molecule has 2 rings (SSSR count). The van der Waals surface area contributed by atoms with E-state index in [9.17, 15) is 4.79 Å². The predicted molar refractivity (Wildman–Crippen MR) is 71.1 cm³/mol. The third-order valence-corrected chi connectivity index (χ3v) is 3.30. The van der Waals surface area contributed by atoms with Crippen molar-refractivity contribution in [2.24, 2.45) is 0 Å². The number of aromatic nitrogens is 2. The van der Waals surface area contributed by atoms with Gasteiger partial charge in [0.1, 0.15) is 16.8 Å². The van der Waals surface area contributed by atoms with Gasteiger partial charge >= 0.3 is 0 Å². The molecule has 0 bridgehead atoms. The quantitative estimate of drug-likeness (QED) is 0.826. The third-order valence-electron chi connectivity index (χ3n) is 2.93. The molecule has 1 aliphatic heterocycles. The summed E-state index contributed by atoms with van der Waals surface area (Å²) in [6.07, 6.45) is 0. The van der Waals surface area contributed by atoms with Crippen LogP contribution >= 0.6 is 11.6 Å². The summed E-state index contributed by atoms with van der Waals surface area (Å²) in [5, 5.41) is 3.26. The molecule has 0 spiro atoms. The number of piperazine rings is 1. The lowest BCUT2D eigenvalue weighted by atomic mass is 10.2. The SMILES string of the molecule is Cc1c(Cl)nc(C(C)C)nc1N1CCNC(=O)C1. The first-order chi connectivity index (χ1) is 8.49. The number of rotatable bonds is 2. The molecule has 1 fully saturated rings. The molecule has 5 nitrogen and oxygen atoms in total. The number of amides is 1. The normalized spacial score (nSPS) is 16.1. The molecule has 1 aliphatic rings. The van der Waals surface area contributed by atoms with Crippen LogP contribution in [0.5, 0.6) is 0 Å². The van der Waals surface area contributed by atoms with Crippen LogP contribution in [0.15, 0.2) is 0 Å². The van der Waals surface area contributed by atoms with Crippen LogP contribution in [0.3, 0.4) is 0 Å². The maximum absolute atomic E-state index is 11.4. The molecule has 0 aliphatic carbocycles. The predicted octanol–water partition coefficient (Wildman–Crippen LogP) is 1.50. The van der Waals surface area contributed by atoms with Gasteiger partial charge in [-0.1, -0.05) is 25.4 Å². The first-order valence-electron chi connectivity index (χ1n) is 6.04. The summed E-state index contributed by atoms with van der Waals surface area (Å²) in [5.41, 5.74) is 0.829. The van der Waals surface area contributed by atoms with Gasteiger partial charge in [-0.3, -0.25) is 4.79 Å². The van der Waals surface area contributed by atoms with E-state index in [1.54, 1.807) is 0 Å². The van der Waals surface area contributed by atoms with Crippen molar-refractivity contribution in [3.05, 3.63) is 16.5 Å². The lowest BCUT2D eigenvalue weighted by Gasteiger charge is -2.29. The van der Waals surface area contributed by atoms with Crippen molar-refractivity contribution in [2.75, 3.05) is 24.5 Å². The number of hydrogen-bond donors (Lipinski definition) is 1. The van der Waals surface area contributed by atoms with E-state index in [0.717, 1.165) is 17.9 Å². The average Bonchev–Trinajstić information content (AvgIpc) is 2.32. The Morgan fingerprint density at radius 2 is 2.11 bits per heavy atom. The van der Waals surface area contributed by atoms with Crippen LogP contribution in [-0.2, 0) is 4.79 Å². The van der Waals surface area contributed by atoms with E-state index < -0.39 is 0 Å². The molecule has 1 saturated heterocycles. The lowest BCUT2D eigenvalue weighted by Crippen LogP contribution is -2.48. The fourth-order valence-corrected chi connectivity index (χ4v) is 2.05. The molecular formula is C12H17ClN4O. The Morgan fingerprint density at radius 1 is 1.39 bits per heavy atom. The van der Waals surface area contributed by atoms with Gasteiger partial charge in [0.05, 0.1) is 6.54 Å². The molecule has 0 radical (unpaired) electrons. The van der Waals surface area contributed by atoms with Crippen LogP contribution in [0.4, 0.5) is 5.82 Å². The molecule has 0 saturated carbocycles. The van der Waals surface area contributed by atoms with Gasteiger partial charge in [0.25, 0.3) is 0 Å². The van der Waals surface area contributed by atoms with Gasteiger partial charge in [0.15, 0.2) is 0 Å². The fourth-order valence-electron chi connectivity index (χ4n) is 1.88. The van der Waals surface area contributed by atoms with E-state index in [0.29, 0.717) is 24.1 Å². The average molecular weight is 269 g/mol. The smallest absolute Gasteiger partial charge is 0.239 e. The largest absolute Gasteiger partial charge is 0.353 e. The second-order valence-corrected chi connectivity index (χ2v) is 5.11. The zero-order valence-corrected chi connectivity index (χ0v) is 11.6. The Bertz CT molecular complexity index is 475. The summed E-state index contributed by atoms with van der Waals surface area (Å²) in [6.45, 7) is 7.63. The van der Waals surface area contributed by atoms with Gasteiger partial charge in [-0.15, -0.1) is 0 Å². The van der Waals surface area contributed by atoms with Gasteiger partial charge in [0, 0.05) is 24.6 Å². The van der Waals surface area contributed by atoms with Crippen molar-refractivity contribution in [1.82, 2.24) is 15.3 Å². The van der Waals surface area contributed by atoms with Crippen molar-refractivity contribution in [1.29, 1.82) is 0 Å². The molecule has 18 heavy (non-hydrogen) atoms. The van der Waals surface area contributed by atoms with Crippen molar-refractivity contribution >= 4 is 23.3 Å². The topological polar surface area (TPSA) is 58.1 Å². The van der Waals surface area contributed by atoms with Crippen molar-refractivity contribution in [3.63, 3.8) is 0 Å². The summed E-state index contributed by atoms with van der Waals surface area (Å²) >= 11 is 6.14. The van der Waals surface area contributed by atoms with E-state index in [2.05, 4.69) is 15.3 Å². The summed E-state index contributed by atoms with van der Waals surface area (Å²) in [5.74, 6) is 1.71. The minimum Gasteiger partial charge on any atom is -0.353 e. The lowest BCUT2D eigenvalue weighted by molar-refractivity contribution is -0.120. The van der Waals surface area contributed by atoms with Gasteiger partial charge in [-0.05, 0) is 6.92 Å². The Hall–Kier alpha value is -1.36.